The van der Waals surface area contributed by atoms with Crippen LogP contribution in [-0.2, 0) is 0 Å². The zero-order valence-corrected chi connectivity index (χ0v) is 18.5. The zero-order chi connectivity index (χ0) is 21.4. The standard InChI is InChI=1S/C24H17Cl3N4/c25-17-8-6-16(7-9-17)22-24(30-13-12-28-15-30)23(20-11-10-18(26)14-21(20)27)31(29-22)19-4-2-1-3-5-19/h1-15,23-24H/t23-,24+/m1/s1. The van der Waals surface area contributed by atoms with Crippen LogP contribution in [0.3, 0.4) is 0 Å². The third kappa shape index (κ3) is 3.83. The molecular formula is C24H17Cl3N4. The minimum absolute atomic E-state index is 0.164. The van der Waals surface area contributed by atoms with Crippen LogP contribution in [0.5, 0.6) is 0 Å². The van der Waals surface area contributed by atoms with Crippen LogP contribution in [0, 0.1) is 0 Å². The fourth-order valence-electron chi connectivity index (χ4n) is 3.95. The van der Waals surface area contributed by atoms with Gasteiger partial charge in [-0.3, -0.25) is 5.01 Å². The molecule has 4 nitrogen and oxygen atoms in total. The van der Waals surface area contributed by atoms with Crippen LogP contribution in [0.25, 0.3) is 0 Å². The normalized spacial score (nSPS) is 18.3. The van der Waals surface area contributed by atoms with Gasteiger partial charge in [0.05, 0.1) is 17.7 Å². The van der Waals surface area contributed by atoms with E-state index >= 15 is 0 Å². The number of rotatable bonds is 4. The fraction of sp³-hybridized carbons (Fsp3) is 0.0833. The Morgan fingerprint density at radius 2 is 1.52 bits per heavy atom. The summed E-state index contributed by atoms with van der Waals surface area (Å²) in [7, 11) is 0. The SMILES string of the molecule is Clc1ccc(C2=NN(c3ccccc3)[C@H](c3ccc(Cl)cc3Cl)[C@H]2n2ccnc2)cc1. The van der Waals surface area contributed by atoms with Gasteiger partial charge in [0, 0.05) is 33.0 Å². The van der Waals surface area contributed by atoms with Crippen LogP contribution in [0.1, 0.15) is 23.2 Å². The summed E-state index contributed by atoms with van der Waals surface area (Å²) in [5, 5.41) is 8.97. The quantitative estimate of drug-likeness (QED) is 0.322. The van der Waals surface area contributed by atoms with Crippen LogP contribution in [0.15, 0.2) is 96.6 Å². The molecule has 0 saturated carbocycles. The molecule has 0 saturated heterocycles. The topological polar surface area (TPSA) is 33.4 Å². The maximum atomic E-state index is 6.70. The highest BCUT2D eigenvalue weighted by Crippen LogP contribution is 2.45. The molecule has 0 unspecified atom stereocenters. The van der Waals surface area contributed by atoms with Crippen molar-refractivity contribution in [2.45, 2.75) is 12.1 Å². The Bertz CT molecular complexity index is 1220. The van der Waals surface area contributed by atoms with Gasteiger partial charge in [0.25, 0.3) is 0 Å². The van der Waals surface area contributed by atoms with E-state index < -0.39 is 0 Å². The van der Waals surface area contributed by atoms with Crippen molar-refractivity contribution in [3.05, 3.63) is 118 Å². The van der Waals surface area contributed by atoms with Gasteiger partial charge in [-0.1, -0.05) is 71.2 Å². The number of nitrogens with zero attached hydrogens (tertiary/aromatic N) is 4. The Kier molecular flexibility index (Phi) is 5.45. The molecule has 0 amide bonds. The van der Waals surface area contributed by atoms with E-state index in [1.165, 1.54) is 0 Å². The molecule has 5 rings (SSSR count). The molecule has 154 valence electrons. The minimum Gasteiger partial charge on any atom is -0.326 e. The summed E-state index contributed by atoms with van der Waals surface area (Å²) in [6.07, 6.45) is 5.52. The summed E-state index contributed by atoms with van der Waals surface area (Å²) < 4.78 is 2.06. The minimum atomic E-state index is -0.202. The lowest BCUT2D eigenvalue weighted by Gasteiger charge is -2.30. The highest BCUT2D eigenvalue weighted by molar-refractivity contribution is 6.35. The third-order valence-electron chi connectivity index (χ3n) is 5.35. The van der Waals surface area contributed by atoms with Gasteiger partial charge in [0.15, 0.2) is 0 Å². The highest BCUT2D eigenvalue weighted by atomic mass is 35.5. The van der Waals surface area contributed by atoms with E-state index in [2.05, 4.69) is 9.55 Å². The van der Waals surface area contributed by atoms with Gasteiger partial charge in [-0.2, -0.15) is 5.10 Å². The molecule has 1 aliphatic rings. The number of imidazole rings is 1. The number of benzene rings is 3. The molecule has 0 aliphatic carbocycles. The number of para-hydroxylation sites is 1. The van der Waals surface area contributed by atoms with Crippen LogP contribution in [0.4, 0.5) is 5.69 Å². The molecule has 0 fully saturated rings. The summed E-state index contributed by atoms with van der Waals surface area (Å²) in [6, 6.07) is 23.0. The van der Waals surface area contributed by atoms with Gasteiger partial charge >= 0.3 is 0 Å². The number of halogens is 3. The van der Waals surface area contributed by atoms with Gasteiger partial charge in [-0.15, -0.1) is 0 Å². The van der Waals surface area contributed by atoms with E-state index in [0.29, 0.717) is 15.1 Å². The molecule has 3 aromatic carbocycles. The number of aromatic nitrogens is 2. The van der Waals surface area contributed by atoms with Gasteiger partial charge < -0.3 is 4.57 Å². The molecule has 4 aromatic rings. The van der Waals surface area contributed by atoms with Crippen molar-refractivity contribution in [2.75, 3.05) is 5.01 Å². The fourth-order valence-corrected chi connectivity index (χ4v) is 4.60. The van der Waals surface area contributed by atoms with E-state index in [1.54, 1.807) is 18.6 Å². The van der Waals surface area contributed by atoms with E-state index in [0.717, 1.165) is 22.5 Å². The number of hydrogen-bond donors (Lipinski definition) is 0. The number of anilines is 1. The Labute approximate surface area is 195 Å². The largest absolute Gasteiger partial charge is 0.326 e. The molecule has 0 bridgehead atoms. The van der Waals surface area contributed by atoms with Gasteiger partial charge in [-0.25, -0.2) is 4.98 Å². The van der Waals surface area contributed by atoms with Crippen molar-refractivity contribution in [3.63, 3.8) is 0 Å². The number of hydrazone groups is 1. The number of hydrogen-bond acceptors (Lipinski definition) is 3. The van der Waals surface area contributed by atoms with Crippen molar-refractivity contribution >= 4 is 46.2 Å². The van der Waals surface area contributed by atoms with Gasteiger partial charge in [-0.05, 0) is 42.0 Å². The Hall–Kier alpha value is -2.79. The van der Waals surface area contributed by atoms with Crippen LogP contribution in [-0.4, -0.2) is 15.3 Å². The molecule has 2 heterocycles. The van der Waals surface area contributed by atoms with Crippen LogP contribution >= 0.6 is 34.8 Å². The molecule has 1 aromatic heterocycles. The lowest BCUT2D eigenvalue weighted by Crippen LogP contribution is -2.28. The van der Waals surface area contributed by atoms with Crippen molar-refractivity contribution in [3.8, 4) is 0 Å². The maximum absolute atomic E-state index is 6.70. The Morgan fingerprint density at radius 1 is 0.774 bits per heavy atom. The van der Waals surface area contributed by atoms with Crippen molar-refractivity contribution in [1.29, 1.82) is 0 Å². The third-order valence-corrected chi connectivity index (χ3v) is 6.16. The monoisotopic (exact) mass is 466 g/mol. The smallest absolute Gasteiger partial charge is 0.106 e. The molecule has 0 spiro atoms. The summed E-state index contributed by atoms with van der Waals surface area (Å²) in [5.41, 5.74) is 3.78. The molecule has 0 radical (unpaired) electrons. The summed E-state index contributed by atoms with van der Waals surface area (Å²) in [5.74, 6) is 0. The van der Waals surface area contributed by atoms with Gasteiger partial charge in [0.2, 0.25) is 0 Å². The van der Waals surface area contributed by atoms with Crippen molar-refractivity contribution in [1.82, 2.24) is 9.55 Å². The first-order valence-corrected chi connectivity index (χ1v) is 10.9. The maximum Gasteiger partial charge on any atom is 0.106 e. The predicted molar refractivity (Wildman–Crippen MR) is 127 cm³/mol. The lowest BCUT2D eigenvalue weighted by molar-refractivity contribution is 0.527. The first kappa shape index (κ1) is 20.1. The Balaban J connectivity index is 1.73. The first-order chi connectivity index (χ1) is 15.1. The van der Waals surface area contributed by atoms with Gasteiger partial charge in [0.1, 0.15) is 12.1 Å². The molecule has 1 aliphatic heterocycles. The predicted octanol–water partition coefficient (Wildman–Crippen LogP) is 7.05. The second-order valence-corrected chi connectivity index (χ2v) is 8.52. The van der Waals surface area contributed by atoms with E-state index in [9.17, 15) is 0 Å². The lowest BCUT2D eigenvalue weighted by atomic mass is 9.92. The summed E-state index contributed by atoms with van der Waals surface area (Å²) >= 11 is 19.0. The molecule has 0 N–H and O–H groups in total. The molecule has 7 heteroatoms. The molecule has 31 heavy (non-hydrogen) atoms. The van der Waals surface area contributed by atoms with E-state index in [-0.39, 0.29) is 12.1 Å². The first-order valence-electron chi connectivity index (χ1n) is 9.73. The second-order valence-electron chi connectivity index (χ2n) is 7.24. The zero-order valence-electron chi connectivity index (χ0n) is 16.2. The second kappa shape index (κ2) is 8.39. The van der Waals surface area contributed by atoms with Crippen LogP contribution in [0.2, 0.25) is 15.1 Å². The average Bonchev–Trinajstić information content (AvgIpc) is 3.43. The van der Waals surface area contributed by atoms with Crippen molar-refractivity contribution in [2.24, 2.45) is 5.10 Å². The molecular weight excluding hydrogens is 451 g/mol. The Morgan fingerprint density at radius 3 is 2.19 bits per heavy atom. The van der Waals surface area contributed by atoms with E-state index in [1.807, 2.05) is 77.9 Å². The average molecular weight is 468 g/mol. The molecule has 2 atom stereocenters. The van der Waals surface area contributed by atoms with E-state index in [4.69, 9.17) is 39.9 Å². The highest BCUT2D eigenvalue weighted by Gasteiger charge is 2.41. The van der Waals surface area contributed by atoms with Crippen molar-refractivity contribution < 1.29 is 0 Å². The summed E-state index contributed by atoms with van der Waals surface area (Å²) in [6.45, 7) is 0. The summed E-state index contributed by atoms with van der Waals surface area (Å²) in [4.78, 5) is 4.29. The van der Waals surface area contributed by atoms with Crippen LogP contribution < -0.4 is 5.01 Å².